The summed E-state index contributed by atoms with van der Waals surface area (Å²) in [5, 5.41) is 7.16. The van der Waals surface area contributed by atoms with Crippen LogP contribution >= 0.6 is 0 Å². The smallest absolute Gasteiger partial charge is 0.143 e. The Hall–Kier alpha value is -6.84. The van der Waals surface area contributed by atoms with Crippen LogP contribution in [-0.4, -0.2) is 6.10 Å². The first-order valence-electron chi connectivity index (χ1n) is 18.2. The summed E-state index contributed by atoms with van der Waals surface area (Å²) < 4.78 is 12.7. The SMILES string of the molecule is C1=CC2Oc3ccc4cc(-c5ccc(N(c6ccccc6)c6ccc(-c7cccc8c7oc7ccccc78)cc6)c6ccccc56)ccc4c3C2C=C1. The Kier molecular flexibility index (Phi) is 6.68. The average Bonchev–Trinajstić information content (AvgIpc) is 3.80. The first-order valence-corrected chi connectivity index (χ1v) is 18.2. The van der Waals surface area contributed by atoms with Crippen LogP contribution < -0.4 is 9.64 Å². The van der Waals surface area contributed by atoms with E-state index >= 15 is 0 Å². The normalized spacial score (nSPS) is 15.9. The van der Waals surface area contributed by atoms with Gasteiger partial charge in [0.2, 0.25) is 0 Å². The highest BCUT2D eigenvalue weighted by Crippen LogP contribution is 2.47. The Labute approximate surface area is 307 Å². The van der Waals surface area contributed by atoms with Gasteiger partial charge < -0.3 is 14.1 Å². The maximum Gasteiger partial charge on any atom is 0.143 e. The molecule has 0 saturated heterocycles. The van der Waals surface area contributed by atoms with Crippen LogP contribution in [0.3, 0.4) is 0 Å². The fourth-order valence-electron chi connectivity index (χ4n) is 8.55. The summed E-state index contributed by atoms with van der Waals surface area (Å²) in [4.78, 5) is 2.36. The summed E-state index contributed by atoms with van der Waals surface area (Å²) in [5.41, 5.74) is 11.0. The lowest BCUT2D eigenvalue weighted by molar-refractivity contribution is 0.269. The molecule has 11 rings (SSSR count). The van der Waals surface area contributed by atoms with Crippen LogP contribution in [0.4, 0.5) is 17.1 Å². The number of anilines is 3. The summed E-state index contributed by atoms with van der Waals surface area (Å²) in [6.07, 6.45) is 8.72. The van der Waals surface area contributed by atoms with Crippen LogP contribution in [0.1, 0.15) is 11.5 Å². The number of allylic oxidation sites excluding steroid dienone is 2. The van der Waals surface area contributed by atoms with E-state index in [9.17, 15) is 0 Å². The van der Waals surface area contributed by atoms with Gasteiger partial charge in [-0.3, -0.25) is 0 Å². The number of furan rings is 1. The summed E-state index contributed by atoms with van der Waals surface area (Å²) in [6, 6.07) is 58.8. The van der Waals surface area contributed by atoms with Crippen LogP contribution in [0, 0.1) is 0 Å². The summed E-state index contributed by atoms with van der Waals surface area (Å²) in [5.74, 6) is 1.24. The van der Waals surface area contributed by atoms with E-state index in [1.165, 1.54) is 38.2 Å². The van der Waals surface area contributed by atoms with Crippen LogP contribution in [0.15, 0.2) is 193 Å². The monoisotopic (exact) mass is 679 g/mol. The molecule has 53 heavy (non-hydrogen) atoms. The van der Waals surface area contributed by atoms with E-state index in [2.05, 4.69) is 181 Å². The highest BCUT2D eigenvalue weighted by atomic mass is 16.5. The van der Waals surface area contributed by atoms with Crippen molar-refractivity contribution in [2.45, 2.75) is 12.0 Å². The maximum absolute atomic E-state index is 6.39. The Balaban J connectivity index is 1.02. The number of ether oxygens (including phenoxy) is 1. The summed E-state index contributed by atoms with van der Waals surface area (Å²) in [6.45, 7) is 0. The standard InChI is InChI=1S/C50H33NO2/c1-2-11-35(12-3-1)51(36-25-21-32(22-26-36)39-17-10-18-43-42-15-6-8-19-46(42)53-50(39)43)45-29-28-37(40-13-4-5-14-41(40)45)33-23-27-38-34(31-33)24-30-48-49(38)44-16-7-9-20-47(44)52-48/h1-31,44,47H. The van der Waals surface area contributed by atoms with E-state index in [1.54, 1.807) is 0 Å². The predicted octanol–water partition coefficient (Wildman–Crippen LogP) is 13.7. The number of hydrogen-bond donors (Lipinski definition) is 0. The van der Waals surface area contributed by atoms with Gasteiger partial charge in [0.05, 0.1) is 5.69 Å². The van der Waals surface area contributed by atoms with Crippen LogP contribution in [0.5, 0.6) is 5.75 Å². The molecule has 0 amide bonds. The van der Waals surface area contributed by atoms with Gasteiger partial charge in [0.1, 0.15) is 23.0 Å². The molecule has 9 aromatic rings. The van der Waals surface area contributed by atoms with Gasteiger partial charge in [-0.1, -0.05) is 133 Å². The lowest BCUT2D eigenvalue weighted by Gasteiger charge is -2.27. The molecular formula is C50H33NO2. The first kappa shape index (κ1) is 29.8. The van der Waals surface area contributed by atoms with Crippen LogP contribution in [0.25, 0.3) is 65.7 Å². The zero-order valence-corrected chi connectivity index (χ0v) is 28.8. The van der Waals surface area contributed by atoms with Crippen molar-refractivity contribution in [1.29, 1.82) is 0 Å². The zero-order chi connectivity index (χ0) is 34.9. The van der Waals surface area contributed by atoms with Gasteiger partial charge in [-0.05, 0) is 87.5 Å². The van der Waals surface area contributed by atoms with Gasteiger partial charge >= 0.3 is 0 Å². The predicted molar refractivity (Wildman–Crippen MR) is 220 cm³/mol. The zero-order valence-electron chi connectivity index (χ0n) is 28.8. The Morgan fingerprint density at radius 3 is 2.09 bits per heavy atom. The third-order valence-electron chi connectivity index (χ3n) is 11.0. The van der Waals surface area contributed by atoms with Gasteiger partial charge in [-0.2, -0.15) is 0 Å². The fraction of sp³-hybridized carbons (Fsp3) is 0.0400. The van der Waals surface area contributed by atoms with Crippen molar-refractivity contribution >= 4 is 60.5 Å². The number of benzene rings is 8. The van der Waals surface area contributed by atoms with Crippen molar-refractivity contribution in [3.63, 3.8) is 0 Å². The Bertz CT molecular complexity index is 2930. The van der Waals surface area contributed by atoms with E-state index in [4.69, 9.17) is 9.15 Å². The molecule has 2 aliphatic rings. The van der Waals surface area contributed by atoms with Crippen molar-refractivity contribution < 1.29 is 9.15 Å². The first-order chi connectivity index (χ1) is 26.3. The molecule has 0 radical (unpaired) electrons. The molecule has 0 spiro atoms. The number of fused-ring (bicyclic) bond motifs is 9. The molecule has 1 aromatic heterocycles. The second-order valence-corrected chi connectivity index (χ2v) is 14.0. The van der Waals surface area contributed by atoms with Crippen molar-refractivity contribution in [2.24, 2.45) is 0 Å². The number of rotatable bonds is 5. The van der Waals surface area contributed by atoms with Gasteiger partial charge in [0, 0.05) is 44.6 Å². The van der Waals surface area contributed by atoms with E-state index in [0.717, 1.165) is 55.9 Å². The van der Waals surface area contributed by atoms with Crippen molar-refractivity contribution in [2.75, 3.05) is 4.90 Å². The molecule has 0 N–H and O–H groups in total. The lowest BCUT2D eigenvalue weighted by Crippen LogP contribution is -2.15. The molecule has 2 heterocycles. The van der Waals surface area contributed by atoms with Crippen LogP contribution in [0.2, 0.25) is 0 Å². The highest BCUT2D eigenvalue weighted by Gasteiger charge is 2.33. The molecule has 1 aliphatic carbocycles. The quantitative estimate of drug-likeness (QED) is 0.181. The topological polar surface area (TPSA) is 25.6 Å². The third-order valence-corrected chi connectivity index (χ3v) is 11.0. The Morgan fingerprint density at radius 1 is 0.472 bits per heavy atom. The molecule has 0 fully saturated rings. The summed E-state index contributed by atoms with van der Waals surface area (Å²) >= 11 is 0. The largest absolute Gasteiger partial charge is 0.485 e. The maximum atomic E-state index is 6.39. The highest BCUT2D eigenvalue weighted by molar-refractivity contribution is 6.10. The lowest BCUT2D eigenvalue weighted by atomic mass is 9.87. The minimum absolute atomic E-state index is 0.0754. The van der Waals surface area contributed by atoms with E-state index in [-0.39, 0.29) is 12.0 Å². The van der Waals surface area contributed by atoms with Crippen LogP contribution in [-0.2, 0) is 0 Å². The second kappa shape index (κ2) is 11.9. The van der Waals surface area contributed by atoms with Gasteiger partial charge in [-0.25, -0.2) is 0 Å². The molecular weight excluding hydrogens is 647 g/mol. The average molecular weight is 680 g/mol. The minimum Gasteiger partial charge on any atom is -0.485 e. The molecule has 2 atom stereocenters. The summed E-state index contributed by atoms with van der Waals surface area (Å²) in [7, 11) is 0. The van der Waals surface area contributed by atoms with Gasteiger partial charge in [-0.15, -0.1) is 0 Å². The fourth-order valence-corrected chi connectivity index (χ4v) is 8.55. The van der Waals surface area contributed by atoms with E-state index < -0.39 is 0 Å². The molecule has 8 aromatic carbocycles. The number of para-hydroxylation sites is 3. The van der Waals surface area contributed by atoms with Gasteiger partial charge in [0.25, 0.3) is 0 Å². The second-order valence-electron chi connectivity index (χ2n) is 14.0. The molecule has 0 bridgehead atoms. The minimum atomic E-state index is 0.0754. The Morgan fingerprint density at radius 2 is 1.21 bits per heavy atom. The molecule has 1 aliphatic heterocycles. The molecule has 2 unspecified atom stereocenters. The van der Waals surface area contributed by atoms with Crippen molar-refractivity contribution in [3.8, 4) is 28.0 Å². The molecule has 0 saturated carbocycles. The van der Waals surface area contributed by atoms with Crippen molar-refractivity contribution in [1.82, 2.24) is 0 Å². The van der Waals surface area contributed by atoms with Crippen molar-refractivity contribution in [3.05, 3.63) is 194 Å². The molecule has 250 valence electrons. The molecule has 3 heteroatoms. The third kappa shape index (κ3) is 4.74. The number of hydrogen-bond acceptors (Lipinski definition) is 3. The van der Waals surface area contributed by atoms with E-state index in [1.807, 2.05) is 12.1 Å². The number of nitrogens with zero attached hydrogens (tertiary/aromatic N) is 1. The van der Waals surface area contributed by atoms with Gasteiger partial charge in [0.15, 0.2) is 0 Å². The molecule has 3 nitrogen and oxygen atoms in total. The van der Waals surface area contributed by atoms with E-state index in [0.29, 0.717) is 0 Å².